The van der Waals surface area contributed by atoms with Crippen molar-refractivity contribution in [3.05, 3.63) is 74.8 Å². The summed E-state index contributed by atoms with van der Waals surface area (Å²) in [4.78, 5) is 29.3. The number of pyridine rings is 1. The van der Waals surface area contributed by atoms with Crippen molar-refractivity contribution in [1.29, 1.82) is 0 Å². The molecule has 0 unspecified atom stereocenters. The third kappa shape index (κ3) is 4.54. The molecule has 7 nitrogen and oxygen atoms in total. The quantitative estimate of drug-likeness (QED) is 0.229. The summed E-state index contributed by atoms with van der Waals surface area (Å²) in [7, 11) is 0. The van der Waals surface area contributed by atoms with Crippen molar-refractivity contribution in [2.45, 2.75) is 37.7 Å². The maximum Gasteiger partial charge on any atom is 0.451 e. The van der Waals surface area contributed by atoms with Gasteiger partial charge in [0, 0.05) is 34.8 Å². The number of rotatable bonds is 4. The van der Waals surface area contributed by atoms with E-state index in [4.69, 9.17) is 11.6 Å². The van der Waals surface area contributed by atoms with Gasteiger partial charge in [-0.25, -0.2) is 19.9 Å². The molecule has 5 aromatic rings. The van der Waals surface area contributed by atoms with Gasteiger partial charge in [-0.15, -0.1) is 11.3 Å². The van der Waals surface area contributed by atoms with Crippen LogP contribution in [0.1, 0.15) is 41.5 Å². The molecule has 1 aliphatic rings. The van der Waals surface area contributed by atoms with E-state index in [1.807, 2.05) is 0 Å². The number of aromatic nitrogens is 5. The van der Waals surface area contributed by atoms with Crippen LogP contribution in [0.25, 0.3) is 31.7 Å². The van der Waals surface area contributed by atoms with Crippen molar-refractivity contribution < 1.29 is 31.4 Å². The van der Waals surface area contributed by atoms with Gasteiger partial charge >= 0.3 is 12.4 Å². The number of aromatic hydroxyl groups is 1. The second-order valence-corrected chi connectivity index (χ2v) is 10.6. The fraction of sp³-hybridized carbons (Fsp3) is 0.240. The summed E-state index contributed by atoms with van der Waals surface area (Å²) in [5.41, 5.74) is -1.30. The Kier molecular flexibility index (Phi) is 6.03. The summed E-state index contributed by atoms with van der Waals surface area (Å²) >= 11 is 7.01. The van der Waals surface area contributed by atoms with Gasteiger partial charge in [-0.1, -0.05) is 17.7 Å². The van der Waals surface area contributed by atoms with E-state index < -0.39 is 29.4 Å². The number of alkyl halides is 6. The highest BCUT2D eigenvalue weighted by Gasteiger charge is 2.37. The van der Waals surface area contributed by atoms with Crippen LogP contribution in [0.15, 0.2) is 41.5 Å². The van der Waals surface area contributed by atoms with Crippen molar-refractivity contribution in [2.75, 3.05) is 0 Å². The van der Waals surface area contributed by atoms with Crippen molar-refractivity contribution in [3.8, 4) is 17.1 Å². The highest BCUT2D eigenvalue weighted by Crippen LogP contribution is 2.45. The average Bonchev–Trinajstić information content (AvgIpc) is 3.67. The smallest absolute Gasteiger partial charge is 0.451 e. The van der Waals surface area contributed by atoms with Crippen LogP contribution < -0.4 is 5.56 Å². The van der Waals surface area contributed by atoms with Gasteiger partial charge in [0.1, 0.15) is 16.3 Å². The number of halogens is 7. The molecule has 4 heterocycles. The highest BCUT2D eigenvalue weighted by atomic mass is 35.5. The zero-order valence-corrected chi connectivity index (χ0v) is 21.4. The lowest BCUT2D eigenvalue weighted by Crippen LogP contribution is -2.25. The SMILES string of the molecule is O=c1c2c(nc(-c3ccc(C(F)(F)F)nc3C3CC3)n1Cc1cnc(C(F)(F)F)nc1)sc1c(O)c(Cl)ccc12. The van der Waals surface area contributed by atoms with Gasteiger partial charge in [0.05, 0.1) is 27.3 Å². The Hall–Kier alpha value is -3.78. The summed E-state index contributed by atoms with van der Waals surface area (Å²) < 4.78 is 80.8. The molecule has 1 fully saturated rings. The molecule has 4 aromatic heterocycles. The van der Waals surface area contributed by atoms with Crippen LogP contribution in [0, 0.1) is 0 Å². The van der Waals surface area contributed by atoms with Crippen LogP contribution in [0.2, 0.25) is 5.02 Å². The highest BCUT2D eigenvalue weighted by molar-refractivity contribution is 7.25. The van der Waals surface area contributed by atoms with Crippen LogP contribution >= 0.6 is 22.9 Å². The van der Waals surface area contributed by atoms with E-state index in [0.717, 1.165) is 34.4 Å². The summed E-state index contributed by atoms with van der Waals surface area (Å²) in [6, 6.07) is 4.91. The topological polar surface area (TPSA) is 93.8 Å². The molecule has 40 heavy (non-hydrogen) atoms. The first-order valence-corrected chi connectivity index (χ1v) is 12.8. The number of fused-ring (bicyclic) bond motifs is 3. The summed E-state index contributed by atoms with van der Waals surface area (Å²) in [5.74, 6) is -1.94. The number of hydrogen-bond acceptors (Lipinski definition) is 7. The van der Waals surface area contributed by atoms with Gasteiger partial charge in [-0.2, -0.15) is 26.3 Å². The maximum atomic E-state index is 13.9. The lowest BCUT2D eigenvalue weighted by atomic mass is 10.1. The van der Waals surface area contributed by atoms with Gasteiger partial charge in [0.25, 0.3) is 5.56 Å². The molecular formula is C25H14ClF6N5O2S. The number of hydrogen-bond donors (Lipinski definition) is 1. The number of thiophene rings is 1. The Morgan fingerprint density at radius 2 is 1.70 bits per heavy atom. The van der Waals surface area contributed by atoms with E-state index in [2.05, 4.69) is 19.9 Å². The first kappa shape index (κ1) is 26.4. The minimum atomic E-state index is -4.77. The first-order chi connectivity index (χ1) is 18.8. The predicted octanol–water partition coefficient (Wildman–Crippen LogP) is 6.79. The van der Waals surface area contributed by atoms with E-state index in [-0.39, 0.29) is 60.8 Å². The van der Waals surface area contributed by atoms with E-state index in [1.54, 1.807) is 0 Å². The van der Waals surface area contributed by atoms with Crippen LogP contribution in [-0.2, 0) is 18.9 Å². The van der Waals surface area contributed by atoms with E-state index >= 15 is 0 Å². The van der Waals surface area contributed by atoms with E-state index in [1.165, 1.54) is 18.2 Å². The zero-order chi connectivity index (χ0) is 28.6. The van der Waals surface area contributed by atoms with E-state index in [9.17, 15) is 36.2 Å². The first-order valence-electron chi connectivity index (χ1n) is 11.6. The fourth-order valence-corrected chi connectivity index (χ4v) is 5.72. The van der Waals surface area contributed by atoms with Gasteiger partial charge in [0.2, 0.25) is 5.82 Å². The van der Waals surface area contributed by atoms with Gasteiger partial charge < -0.3 is 5.11 Å². The Morgan fingerprint density at radius 3 is 2.33 bits per heavy atom. The minimum absolute atomic E-state index is 0.0299. The number of nitrogens with zero attached hydrogens (tertiary/aromatic N) is 5. The molecule has 0 spiro atoms. The van der Waals surface area contributed by atoms with Crippen molar-refractivity contribution in [1.82, 2.24) is 24.5 Å². The molecule has 0 amide bonds. The number of benzene rings is 1. The Labute approximate surface area is 228 Å². The van der Waals surface area contributed by atoms with Crippen LogP contribution in [0.3, 0.4) is 0 Å². The summed E-state index contributed by atoms with van der Waals surface area (Å²) in [6.45, 7) is -0.336. The standard InChI is InChI=1S/C25H14ClF6N5O2S/c26-14-5-3-12-16-21(40-19(12)18(14)38)36-20(13-4-6-15(24(27,28)29)35-17(13)11-1-2-11)37(22(16)39)9-10-7-33-23(34-8-10)25(30,31)32/h3-8,11,38H,1-2,9H2. The van der Waals surface area contributed by atoms with Crippen LogP contribution in [-0.4, -0.2) is 29.6 Å². The molecule has 1 aliphatic carbocycles. The zero-order valence-electron chi connectivity index (χ0n) is 19.8. The molecule has 206 valence electrons. The Morgan fingerprint density at radius 1 is 1.00 bits per heavy atom. The summed E-state index contributed by atoms with van der Waals surface area (Å²) in [5, 5.41) is 11.0. The normalized spacial score (nSPS) is 14.4. The van der Waals surface area contributed by atoms with E-state index in [0.29, 0.717) is 18.2 Å². The van der Waals surface area contributed by atoms with Gasteiger partial charge in [-0.3, -0.25) is 9.36 Å². The maximum absolute atomic E-state index is 13.9. The molecule has 0 aliphatic heterocycles. The molecule has 0 saturated heterocycles. The third-order valence-corrected chi connectivity index (χ3v) is 7.82. The Bertz CT molecular complexity index is 1860. The van der Waals surface area contributed by atoms with Crippen molar-refractivity contribution >= 4 is 43.2 Å². The number of phenols is 1. The molecule has 0 radical (unpaired) electrons. The second-order valence-electron chi connectivity index (χ2n) is 9.20. The molecular weight excluding hydrogens is 584 g/mol. The second kappa shape index (κ2) is 9.13. The van der Waals surface area contributed by atoms with Gasteiger partial charge in [0.15, 0.2) is 5.75 Å². The van der Waals surface area contributed by atoms with Crippen molar-refractivity contribution in [3.63, 3.8) is 0 Å². The Balaban J connectivity index is 1.61. The number of phenolic OH excluding ortho intramolecular Hbond substituents is 1. The monoisotopic (exact) mass is 597 g/mol. The average molecular weight is 598 g/mol. The molecule has 1 saturated carbocycles. The molecule has 1 aromatic carbocycles. The molecule has 0 bridgehead atoms. The molecule has 6 rings (SSSR count). The van der Waals surface area contributed by atoms with Crippen LogP contribution in [0.5, 0.6) is 5.75 Å². The molecule has 1 N–H and O–H groups in total. The van der Waals surface area contributed by atoms with Gasteiger partial charge in [-0.05, 0) is 31.0 Å². The lowest BCUT2D eigenvalue weighted by molar-refractivity contribution is -0.145. The third-order valence-electron chi connectivity index (χ3n) is 6.41. The fourth-order valence-electron chi connectivity index (χ4n) is 4.39. The molecule has 0 atom stereocenters. The molecule has 15 heteroatoms. The lowest BCUT2D eigenvalue weighted by Gasteiger charge is -2.16. The van der Waals surface area contributed by atoms with Crippen LogP contribution in [0.4, 0.5) is 26.3 Å². The summed E-state index contributed by atoms with van der Waals surface area (Å²) in [6.07, 6.45) is -6.45. The largest absolute Gasteiger partial charge is 0.505 e. The van der Waals surface area contributed by atoms with Crippen molar-refractivity contribution in [2.24, 2.45) is 0 Å². The predicted molar refractivity (Wildman–Crippen MR) is 134 cm³/mol. The minimum Gasteiger partial charge on any atom is -0.505 e.